The predicted molar refractivity (Wildman–Crippen MR) is 103 cm³/mol. The monoisotopic (exact) mass is 370 g/mol. The van der Waals surface area contributed by atoms with Gasteiger partial charge in [-0.2, -0.15) is 5.11 Å². The molecule has 0 unspecified atom stereocenters. The van der Waals surface area contributed by atoms with Gasteiger partial charge in [-0.3, -0.25) is 4.79 Å². The van der Waals surface area contributed by atoms with Crippen molar-refractivity contribution in [3.8, 4) is 5.75 Å². The molecule has 1 aromatic heterocycles. The lowest BCUT2D eigenvalue weighted by atomic mass is 10.3. The van der Waals surface area contributed by atoms with Crippen LogP contribution in [0.5, 0.6) is 5.75 Å². The van der Waals surface area contributed by atoms with Gasteiger partial charge in [-0.25, -0.2) is 9.78 Å². The quantitative estimate of drug-likeness (QED) is 0.747. The van der Waals surface area contributed by atoms with Crippen molar-refractivity contribution in [2.24, 2.45) is 10.2 Å². The van der Waals surface area contributed by atoms with Gasteiger partial charge in [0.2, 0.25) is 5.91 Å². The number of nitrogens with one attached hydrogen (secondary N) is 1. The number of carbonyl (C=O) groups is 2. The smallest absolute Gasteiger partial charge is 0.406 e. The third-order valence-electron chi connectivity index (χ3n) is 3.54. The summed E-state index contributed by atoms with van der Waals surface area (Å²) in [6.07, 6.45) is -0.549. The van der Waals surface area contributed by atoms with Crippen molar-refractivity contribution in [1.29, 1.82) is 0 Å². The maximum atomic E-state index is 12.2. The van der Waals surface area contributed by atoms with Gasteiger partial charge in [-0.05, 0) is 26.0 Å². The van der Waals surface area contributed by atoms with Crippen LogP contribution in [0.15, 0.2) is 46.6 Å². The molecule has 0 aliphatic heterocycles. The van der Waals surface area contributed by atoms with E-state index in [1.54, 1.807) is 12.1 Å². The Kier molecular flexibility index (Phi) is 6.81. The van der Waals surface area contributed by atoms with Crippen molar-refractivity contribution in [1.82, 2.24) is 9.88 Å². The van der Waals surface area contributed by atoms with Crippen molar-refractivity contribution in [2.75, 3.05) is 24.1 Å². The zero-order valence-corrected chi connectivity index (χ0v) is 15.5. The van der Waals surface area contributed by atoms with Crippen LogP contribution in [-0.4, -0.2) is 35.0 Å². The average molecular weight is 370 g/mol. The average Bonchev–Trinajstić information content (AvgIpc) is 2.64. The minimum absolute atomic E-state index is 0.0436. The van der Waals surface area contributed by atoms with Gasteiger partial charge in [0.25, 0.3) is 0 Å². The fourth-order valence-corrected chi connectivity index (χ4v) is 2.16. The molecule has 0 radical (unpaired) electrons. The number of nitrogens with zero attached hydrogens (tertiary/aromatic N) is 4. The number of carbonyl (C=O) groups excluding carboxylic acids is 2. The lowest BCUT2D eigenvalue weighted by molar-refractivity contribution is -0.114. The Balaban J connectivity index is 2.37. The number of hydrogen-bond donors (Lipinski definition) is 2. The molecule has 0 spiro atoms. The summed E-state index contributed by atoms with van der Waals surface area (Å²) >= 11 is 0. The van der Waals surface area contributed by atoms with Gasteiger partial charge in [0.15, 0.2) is 17.4 Å². The summed E-state index contributed by atoms with van der Waals surface area (Å²) in [7, 11) is 0. The molecule has 9 heteroatoms. The van der Waals surface area contributed by atoms with Crippen LogP contribution in [-0.2, 0) is 4.79 Å². The fraction of sp³-hybridized carbons (Fsp3) is 0.278. The van der Waals surface area contributed by atoms with Crippen LogP contribution >= 0.6 is 0 Å². The normalized spacial score (nSPS) is 10.6. The Morgan fingerprint density at radius 3 is 2.44 bits per heavy atom. The van der Waals surface area contributed by atoms with Gasteiger partial charge in [-0.1, -0.05) is 18.2 Å². The Morgan fingerprint density at radius 2 is 1.85 bits per heavy atom. The predicted octanol–water partition coefficient (Wildman–Crippen LogP) is 3.88. The molecule has 0 fully saturated rings. The molecule has 0 atom stereocenters. The number of aromatic nitrogens is 1. The molecule has 0 saturated heterocycles. The van der Waals surface area contributed by atoms with Crippen molar-refractivity contribution in [2.45, 2.75) is 20.8 Å². The number of anilines is 2. The highest BCUT2D eigenvalue weighted by Gasteiger charge is 2.18. The lowest BCUT2D eigenvalue weighted by Crippen LogP contribution is -2.33. The Morgan fingerprint density at radius 1 is 1.19 bits per heavy atom. The van der Waals surface area contributed by atoms with Crippen molar-refractivity contribution < 1.29 is 14.3 Å². The Bertz CT molecular complexity index is 834. The minimum Gasteiger partial charge on any atom is -0.406 e. The fourth-order valence-electron chi connectivity index (χ4n) is 2.16. The first kappa shape index (κ1) is 19.8. The van der Waals surface area contributed by atoms with Crippen LogP contribution in [0.1, 0.15) is 20.8 Å². The number of pyridine rings is 1. The molecule has 0 saturated carbocycles. The molecule has 2 amide bonds. The van der Waals surface area contributed by atoms with E-state index in [0.717, 1.165) is 0 Å². The molecule has 1 aromatic carbocycles. The standard InChI is InChI=1S/C18H22N6O3/c1-4-24(5-2)18(26)27-15-11-14(17(20-12(3)25)21-16(15)19)23-22-13-9-7-6-8-10-13/h6-11H,4-5H2,1-3H3,(H3,19,20,21,25). The molecule has 0 aliphatic carbocycles. The molecule has 0 aliphatic rings. The topological polar surface area (TPSA) is 122 Å². The van der Waals surface area contributed by atoms with Crippen LogP contribution in [0, 0.1) is 0 Å². The zero-order chi connectivity index (χ0) is 19.8. The summed E-state index contributed by atoms with van der Waals surface area (Å²) < 4.78 is 5.33. The van der Waals surface area contributed by atoms with E-state index in [1.165, 1.54) is 17.9 Å². The maximum absolute atomic E-state index is 12.2. The molecule has 0 bridgehead atoms. The van der Waals surface area contributed by atoms with Gasteiger partial charge in [0.1, 0.15) is 5.69 Å². The summed E-state index contributed by atoms with van der Waals surface area (Å²) in [5.41, 5.74) is 6.70. The summed E-state index contributed by atoms with van der Waals surface area (Å²) in [4.78, 5) is 29.2. The number of hydrogen-bond acceptors (Lipinski definition) is 7. The highest BCUT2D eigenvalue weighted by molar-refractivity contribution is 5.91. The largest absolute Gasteiger partial charge is 0.415 e. The number of benzene rings is 1. The molecule has 2 aromatic rings. The molecule has 142 valence electrons. The van der Waals surface area contributed by atoms with Gasteiger partial charge in [-0.15, -0.1) is 5.11 Å². The molecular weight excluding hydrogens is 348 g/mol. The molecule has 27 heavy (non-hydrogen) atoms. The highest BCUT2D eigenvalue weighted by atomic mass is 16.6. The lowest BCUT2D eigenvalue weighted by Gasteiger charge is -2.18. The van der Waals surface area contributed by atoms with E-state index in [-0.39, 0.29) is 29.0 Å². The number of rotatable bonds is 6. The van der Waals surface area contributed by atoms with Crippen molar-refractivity contribution in [3.63, 3.8) is 0 Å². The molecule has 1 heterocycles. The third kappa shape index (κ3) is 5.50. The van der Waals surface area contributed by atoms with E-state index in [2.05, 4.69) is 20.5 Å². The highest BCUT2D eigenvalue weighted by Crippen LogP contribution is 2.33. The van der Waals surface area contributed by atoms with E-state index in [0.29, 0.717) is 18.8 Å². The van der Waals surface area contributed by atoms with Gasteiger partial charge >= 0.3 is 6.09 Å². The minimum atomic E-state index is -0.549. The van der Waals surface area contributed by atoms with Crippen LogP contribution in [0.3, 0.4) is 0 Å². The van der Waals surface area contributed by atoms with Gasteiger partial charge in [0, 0.05) is 26.1 Å². The molecule has 3 N–H and O–H groups in total. The number of nitrogens with two attached hydrogens (primary N) is 1. The van der Waals surface area contributed by atoms with Crippen LogP contribution in [0.25, 0.3) is 0 Å². The summed E-state index contributed by atoms with van der Waals surface area (Å²) in [5, 5.41) is 10.8. The second-order valence-corrected chi connectivity index (χ2v) is 5.50. The summed E-state index contributed by atoms with van der Waals surface area (Å²) in [6.45, 7) is 6.00. The second-order valence-electron chi connectivity index (χ2n) is 5.50. The number of azo groups is 1. The van der Waals surface area contributed by atoms with Crippen LogP contribution in [0.4, 0.5) is 27.8 Å². The van der Waals surface area contributed by atoms with E-state index in [4.69, 9.17) is 10.5 Å². The number of nitrogen functional groups attached to an aromatic ring is 1. The first-order valence-corrected chi connectivity index (χ1v) is 8.46. The first-order chi connectivity index (χ1) is 12.9. The van der Waals surface area contributed by atoms with Gasteiger partial charge in [0.05, 0.1) is 5.69 Å². The molecular formula is C18H22N6O3. The SMILES string of the molecule is CCN(CC)C(=O)Oc1cc(N=Nc2ccccc2)c(NC(C)=O)nc1N. The van der Waals surface area contributed by atoms with Crippen LogP contribution in [0.2, 0.25) is 0 Å². The van der Waals surface area contributed by atoms with E-state index in [1.807, 2.05) is 32.0 Å². The Hall–Kier alpha value is -3.49. The molecule has 2 rings (SSSR count). The van der Waals surface area contributed by atoms with Crippen LogP contribution < -0.4 is 15.8 Å². The molecule has 9 nitrogen and oxygen atoms in total. The van der Waals surface area contributed by atoms with E-state index in [9.17, 15) is 9.59 Å². The van der Waals surface area contributed by atoms with E-state index < -0.39 is 6.09 Å². The van der Waals surface area contributed by atoms with Gasteiger partial charge < -0.3 is 20.7 Å². The maximum Gasteiger partial charge on any atom is 0.415 e. The summed E-state index contributed by atoms with van der Waals surface area (Å²) in [6, 6.07) is 10.5. The second kappa shape index (κ2) is 9.27. The first-order valence-electron chi connectivity index (χ1n) is 8.46. The van der Waals surface area contributed by atoms with Crippen molar-refractivity contribution >= 4 is 35.0 Å². The zero-order valence-electron chi connectivity index (χ0n) is 15.5. The third-order valence-corrected chi connectivity index (χ3v) is 3.54. The number of amides is 2. The summed E-state index contributed by atoms with van der Waals surface area (Å²) in [5.74, 6) is -0.214. The Labute approximate surface area is 157 Å². The van der Waals surface area contributed by atoms with E-state index >= 15 is 0 Å². The number of ether oxygens (including phenoxy) is 1. The van der Waals surface area contributed by atoms with Crippen molar-refractivity contribution in [3.05, 3.63) is 36.4 Å².